The summed E-state index contributed by atoms with van der Waals surface area (Å²) in [5, 5.41) is 0. The number of nitrogens with zero attached hydrogens (tertiary/aromatic N) is 2. The number of carbonyl (C=O) groups excluding carboxylic acids is 1. The highest BCUT2D eigenvalue weighted by Crippen LogP contribution is 2.21. The number of hydrogen-bond acceptors (Lipinski definition) is 5. The predicted molar refractivity (Wildman–Crippen MR) is 115 cm³/mol. The Kier molecular flexibility index (Phi) is 7.35. The Hall–Kier alpha value is -1.44. The second kappa shape index (κ2) is 9.58. The molecule has 0 bridgehead atoms. The van der Waals surface area contributed by atoms with Gasteiger partial charge in [-0.1, -0.05) is 25.5 Å². The second-order valence-electron chi connectivity index (χ2n) is 8.56. The number of amides is 1. The summed E-state index contributed by atoms with van der Waals surface area (Å²) in [6.07, 6.45) is 2.86. The lowest BCUT2D eigenvalue weighted by Gasteiger charge is -2.35. The van der Waals surface area contributed by atoms with E-state index in [1.807, 2.05) is 24.3 Å². The Morgan fingerprint density at radius 3 is 2.38 bits per heavy atom. The van der Waals surface area contributed by atoms with Crippen LogP contribution in [0.25, 0.3) is 0 Å². The molecule has 2 saturated heterocycles. The summed E-state index contributed by atoms with van der Waals surface area (Å²) in [6, 6.07) is 7.60. The first-order valence-electron chi connectivity index (χ1n) is 10.8. The summed E-state index contributed by atoms with van der Waals surface area (Å²) >= 11 is 0. The fraction of sp³-hybridized carbons (Fsp3) is 0.682. The number of hydrogen-bond donors (Lipinski definition) is 0. The van der Waals surface area contributed by atoms with Crippen LogP contribution in [0.5, 0.6) is 0 Å². The van der Waals surface area contributed by atoms with Crippen LogP contribution in [-0.4, -0.2) is 73.5 Å². The third kappa shape index (κ3) is 6.03. The lowest BCUT2D eigenvalue weighted by atomic mass is 10.1. The Labute approximate surface area is 175 Å². The zero-order valence-electron chi connectivity index (χ0n) is 17.8. The Morgan fingerprint density at radius 1 is 1.17 bits per heavy atom. The minimum absolute atomic E-state index is 0.0549. The molecule has 0 spiro atoms. The van der Waals surface area contributed by atoms with E-state index < -0.39 is 9.84 Å². The third-order valence-corrected chi connectivity index (χ3v) is 7.52. The maximum atomic E-state index is 13.1. The van der Waals surface area contributed by atoms with Crippen molar-refractivity contribution in [2.45, 2.75) is 64.8 Å². The molecule has 0 saturated carbocycles. The van der Waals surface area contributed by atoms with Crippen LogP contribution in [0.4, 0.5) is 0 Å². The first-order valence-corrected chi connectivity index (χ1v) is 12.6. The molecule has 2 fully saturated rings. The molecule has 0 aromatic heterocycles. The van der Waals surface area contributed by atoms with E-state index in [4.69, 9.17) is 4.74 Å². The van der Waals surface area contributed by atoms with Crippen molar-refractivity contribution >= 4 is 15.7 Å². The highest BCUT2D eigenvalue weighted by atomic mass is 32.2. The summed E-state index contributed by atoms with van der Waals surface area (Å²) in [7, 11) is -3.02. The van der Waals surface area contributed by atoms with Crippen LogP contribution in [0, 0.1) is 0 Å². The minimum Gasteiger partial charge on any atom is -0.373 e. The van der Waals surface area contributed by atoms with Gasteiger partial charge >= 0.3 is 0 Å². The van der Waals surface area contributed by atoms with Crippen molar-refractivity contribution in [3.63, 3.8) is 0 Å². The molecule has 3 unspecified atom stereocenters. The number of sulfone groups is 1. The van der Waals surface area contributed by atoms with Gasteiger partial charge in [-0.05, 0) is 44.4 Å². The molecule has 2 aliphatic rings. The van der Waals surface area contributed by atoms with Crippen LogP contribution in [0.1, 0.15) is 56.0 Å². The molecular weight excluding hydrogens is 388 g/mol. The lowest BCUT2D eigenvalue weighted by molar-refractivity contribution is -0.0704. The van der Waals surface area contributed by atoms with Gasteiger partial charge in [0, 0.05) is 37.8 Å². The van der Waals surface area contributed by atoms with Crippen molar-refractivity contribution in [1.82, 2.24) is 9.80 Å². The smallest absolute Gasteiger partial charge is 0.254 e. The lowest BCUT2D eigenvalue weighted by Crippen LogP contribution is -2.44. The van der Waals surface area contributed by atoms with E-state index in [1.165, 1.54) is 5.56 Å². The average molecular weight is 423 g/mol. The van der Waals surface area contributed by atoms with Gasteiger partial charge < -0.3 is 9.64 Å². The van der Waals surface area contributed by atoms with Crippen LogP contribution in [0.3, 0.4) is 0 Å². The number of morpholine rings is 1. The summed E-state index contributed by atoms with van der Waals surface area (Å²) in [4.78, 5) is 17.3. The maximum Gasteiger partial charge on any atom is 0.254 e. The molecule has 3 rings (SSSR count). The van der Waals surface area contributed by atoms with Crippen molar-refractivity contribution in [3.8, 4) is 0 Å². The summed E-state index contributed by atoms with van der Waals surface area (Å²) in [5.41, 5.74) is 1.81. The standard InChI is InChI=1S/C22H34N2O4S/c1-4-5-11-24(21-10-12-29(26,27)16-21)22(25)20-8-6-19(7-9-20)15-23-13-17(2)28-18(3)14-23/h6-9,17-18,21H,4-5,10-16H2,1-3H3. The fourth-order valence-corrected chi connectivity index (χ4v) is 6.12. The van der Waals surface area contributed by atoms with Crippen LogP contribution in [-0.2, 0) is 21.1 Å². The first kappa shape index (κ1) is 22.2. The van der Waals surface area contributed by atoms with Gasteiger partial charge in [-0.3, -0.25) is 9.69 Å². The van der Waals surface area contributed by atoms with Gasteiger partial charge in [0.15, 0.2) is 9.84 Å². The van der Waals surface area contributed by atoms with Crippen LogP contribution in [0.15, 0.2) is 24.3 Å². The summed E-state index contributed by atoms with van der Waals surface area (Å²) in [6.45, 7) is 9.54. The number of carbonyl (C=O) groups is 1. The summed E-state index contributed by atoms with van der Waals surface area (Å²) in [5.74, 6) is 0.220. The SMILES string of the molecule is CCCCN(C(=O)c1ccc(CN2CC(C)OC(C)C2)cc1)C1CCS(=O)(=O)C1. The monoisotopic (exact) mass is 422 g/mol. The maximum absolute atomic E-state index is 13.1. The number of unbranched alkanes of at least 4 members (excludes halogenated alkanes) is 1. The molecule has 1 aromatic carbocycles. The zero-order valence-corrected chi connectivity index (χ0v) is 18.7. The largest absolute Gasteiger partial charge is 0.373 e. The van der Waals surface area contributed by atoms with E-state index in [9.17, 15) is 13.2 Å². The van der Waals surface area contributed by atoms with E-state index in [-0.39, 0.29) is 35.7 Å². The predicted octanol–water partition coefficient (Wildman–Crippen LogP) is 2.73. The van der Waals surface area contributed by atoms with Crippen molar-refractivity contribution < 1.29 is 17.9 Å². The average Bonchev–Trinajstić information content (AvgIpc) is 3.01. The van der Waals surface area contributed by atoms with Crippen molar-refractivity contribution in [2.75, 3.05) is 31.1 Å². The second-order valence-corrected chi connectivity index (χ2v) is 10.8. The van der Waals surface area contributed by atoms with E-state index in [0.29, 0.717) is 18.5 Å². The molecule has 1 aromatic rings. The van der Waals surface area contributed by atoms with Gasteiger partial charge in [0.25, 0.3) is 5.91 Å². The number of rotatable bonds is 7. The topological polar surface area (TPSA) is 66.9 Å². The minimum atomic E-state index is -3.02. The highest BCUT2D eigenvalue weighted by molar-refractivity contribution is 7.91. The van der Waals surface area contributed by atoms with Crippen LogP contribution in [0.2, 0.25) is 0 Å². The van der Waals surface area contributed by atoms with Crippen molar-refractivity contribution in [1.29, 1.82) is 0 Å². The van der Waals surface area contributed by atoms with E-state index in [1.54, 1.807) is 4.90 Å². The molecule has 0 radical (unpaired) electrons. The van der Waals surface area contributed by atoms with Gasteiger partial charge in [0.05, 0.1) is 23.7 Å². The van der Waals surface area contributed by atoms with E-state index in [0.717, 1.165) is 32.5 Å². The molecule has 29 heavy (non-hydrogen) atoms. The molecule has 0 N–H and O–H groups in total. The molecule has 7 heteroatoms. The Balaban J connectivity index is 1.67. The van der Waals surface area contributed by atoms with Crippen LogP contribution < -0.4 is 0 Å². The van der Waals surface area contributed by atoms with E-state index in [2.05, 4.69) is 25.7 Å². The van der Waals surface area contributed by atoms with Crippen molar-refractivity contribution in [3.05, 3.63) is 35.4 Å². The van der Waals surface area contributed by atoms with Gasteiger partial charge in [-0.15, -0.1) is 0 Å². The Morgan fingerprint density at radius 2 is 1.83 bits per heavy atom. The molecule has 3 atom stereocenters. The van der Waals surface area contributed by atoms with Gasteiger partial charge in [0.1, 0.15) is 0 Å². The van der Waals surface area contributed by atoms with Gasteiger partial charge in [-0.25, -0.2) is 8.42 Å². The van der Waals surface area contributed by atoms with E-state index >= 15 is 0 Å². The van der Waals surface area contributed by atoms with Crippen LogP contribution >= 0.6 is 0 Å². The molecule has 0 aliphatic carbocycles. The molecular formula is C22H34N2O4S. The molecule has 2 aliphatic heterocycles. The number of ether oxygens (including phenoxy) is 1. The molecule has 1 amide bonds. The Bertz CT molecular complexity index is 784. The first-order chi connectivity index (χ1) is 13.8. The highest BCUT2D eigenvalue weighted by Gasteiger charge is 2.34. The van der Waals surface area contributed by atoms with Gasteiger partial charge in [-0.2, -0.15) is 0 Å². The molecule has 6 nitrogen and oxygen atoms in total. The van der Waals surface area contributed by atoms with Crippen molar-refractivity contribution in [2.24, 2.45) is 0 Å². The third-order valence-electron chi connectivity index (χ3n) is 5.76. The zero-order chi connectivity index (χ0) is 21.0. The number of benzene rings is 1. The fourth-order valence-electron chi connectivity index (χ4n) is 4.39. The quantitative estimate of drug-likeness (QED) is 0.676. The molecule has 2 heterocycles. The normalized spacial score (nSPS) is 27.1. The van der Waals surface area contributed by atoms with Gasteiger partial charge in [0.2, 0.25) is 0 Å². The summed E-state index contributed by atoms with van der Waals surface area (Å²) < 4.78 is 29.6. The molecule has 162 valence electrons.